The molecule has 2 unspecified atom stereocenters. The molecule has 0 saturated carbocycles. The fraction of sp³-hybridized carbons (Fsp3) is 0.571. The van der Waals surface area contributed by atoms with E-state index < -0.39 is 11.6 Å². The Morgan fingerprint density at radius 1 is 1.21 bits per heavy atom. The van der Waals surface area contributed by atoms with Gasteiger partial charge < -0.3 is 15.5 Å². The summed E-state index contributed by atoms with van der Waals surface area (Å²) in [5.41, 5.74) is 6.90. The van der Waals surface area contributed by atoms with Crippen LogP contribution < -0.4 is 5.73 Å². The third kappa shape index (κ3) is 3.29. The van der Waals surface area contributed by atoms with Gasteiger partial charge in [-0.15, -0.1) is 0 Å². The van der Waals surface area contributed by atoms with Crippen molar-refractivity contribution in [2.24, 2.45) is 5.73 Å². The van der Waals surface area contributed by atoms with Gasteiger partial charge in [-0.25, -0.2) is 8.78 Å². The smallest absolute Gasteiger partial charge is 0.159 e. The second-order valence-electron chi connectivity index (χ2n) is 5.36. The second kappa shape index (κ2) is 5.94. The van der Waals surface area contributed by atoms with Gasteiger partial charge in [0, 0.05) is 18.6 Å². The first kappa shape index (κ1) is 14.4. The van der Waals surface area contributed by atoms with Crippen molar-refractivity contribution in [1.29, 1.82) is 0 Å². The van der Waals surface area contributed by atoms with Gasteiger partial charge in [-0.2, -0.15) is 0 Å². The molecule has 0 amide bonds. The highest BCUT2D eigenvalue weighted by atomic mass is 19.2. The molecule has 106 valence electrons. The Kier molecular flexibility index (Phi) is 4.50. The zero-order chi connectivity index (χ0) is 14.0. The molecule has 0 aliphatic carbocycles. The SMILES string of the molecule is CN1CCCN(C)C(C(N)c2ccc(F)c(F)c2)C1. The number of hydrogen-bond donors (Lipinski definition) is 1. The van der Waals surface area contributed by atoms with Crippen LogP contribution in [0.3, 0.4) is 0 Å². The van der Waals surface area contributed by atoms with Gasteiger partial charge in [0.15, 0.2) is 11.6 Å². The summed E-state index contributed by atoms with van der Waals surface area (Å²) in [7, 11) is 4.09. The average molecular weight is 269 g/mol. The molecule has 1 aliphatic heterocycles. The van der Waals surface area contributed by atoms with Gasteiger partial charge in [0.1, 0.15) is 0 Å². The van der Waals surface area contributed by atoms with Crippen LogP contribution in [0.25, 0.3) is 0 Å². The maximum Gasteiger partial charge on any atom is 0.159 e. The minimum atomic E-state index is -0.836. The zero-order valence-electron chi connectivity index (χ0n) is 11.4. The standard InChI is InChI=1S/C14H21F2N3/c1-18-6-3-7-19(2)13(9-18)14(17)10-4-5-11(15)12(16)8-10/h4-5,8,13-14H,3,6-7,9,17H2,1-2H3. The Labute approximate surface area is 113 Å². The monoisotopic (exact) mass is 269 g/mol. The zero-order valence-corrected chi connectivity index (χ0v) is 11.4. The summed E-state index contributed by atoms with van der Waals surface area (Å²) < 4.78 is 26.3. The summed E-state index contributed by atoms with van der Waals surface area (Å²) in [4.78, 5) is 4.43. The summed E-state index contributed by atoms with van der Waals surface area (Å²) in [6.07, 6.45) is 1.09. The Morgan fingerprint density at radius 3 is 2.63 bits per heavy atom. The van der Waals surface area contributed by atoms with E-state index in [0.717, 1.165) is 32.1 Å². The number of rotatable bonds is 2. The predicted octanol–water partition coefficient (Wildman–Crippen LogP) is 1.60. The number of hydrogen-bond acceptors (Lipinski definition) is 3. The van der Waals surface area contributed by atoms with Crippen LogP contribution in [0.4, 0.5) is 8.78 Å². The topological polar surface area (TPSA) is 32.5 Å². The van der Waals surface area contributed by atoms with E-state index in [2.05, 4.69) is 16.8 Å². The van der Waals surface area contributed by atoms with Gasteiger partial charge in [-0.05, 0) is 51.3 Å². The molecule has 1 aromatic carbocycles. The Hall–Kier alpha value is -1.04. The predicted molar refractivity (Wildman–Crippen MR) is 71.8 cm³/mol. The summed E-state index contributed by atoms with van der Waals surface area (Å²) in [5.74, 6) is -1.67. The minimum Gasteiger partial charge on any atom is -0.323 e. The van der Waals surface area contributed by atoms with Crippen molar-refractivity contribution >= 4 is 0 Å². The van der Waals surface area contributed by atoms with Crippen molar-refractivity contribution in [3.63, 3.8) is 0 Å². The van der Waals surface area contributed by atoms with Crippen LogP contribution in [-0.4, -0.2) is 49.6 Å². The van der Waals surface area contributed by atoms with Crippen LogP contribution in [0.15, 0.2) is 18.2 Å². The molecule has 1 aliphatic rings. The minimum absolute atomic E-state index is 0.109. The molecular weight excluding hydrogens is 248 g/mol. The van der Waals surface area contributed by atoms with Gasteiger partial charge in [-0.1, -0.05) is 6.07 Å². The molecule has 1 heterocycles. The lowest BCUT2D eigenvalue weighted by molar-refractivity contribution is 0.196. The van der Waals surface area contributed by atoms with Crippen LogP contribution in [0.1, 0.15) is 18.0 Å². The molecule has 5 heteroatoms. The molecular formula is C14H21F2N3. The van der Waals surface area contributed by atoms with E-state index in [4.69, 9.17) is 5.73 Å². The fourth-order valence-corrected chi connectivity index (χ4v) is 2.64. The number of nitrogens with two attached hydrogens (primary N) is 1. The molecule has 3 nitrogen and oxygen atoms in total. The molecule has 1 fully saturated rings. The average Bonchev–Trinajstić information content (AvgIpc) is 2.54. The number of likely N-dealkylation sites (N-methyl/N-ethyl adjacent to an activating group) is 2. The first-order valence-electron chi connectivity index (χ1n) is 6.58. The molecule has 2 N–H and O–H groups in total. The molecule has 0 spiro atoms. The van der Waals surface area contributed by atoms with E-state index in [-0.39, 0.29) is 12.1 Å². The number of nitrogens with zero attached hydrogens (tertiary/aromatic N) is 2. The van der Waals surface area contributed by atoms with E-state index in [9.17, 15) is 8.78 Å². The van der Waals surface area contributed by atoms with E-state index in [1.807, 2.05) is 7.05 Å². The fourth-order valence-electron chi connectivity index (χ4n) is 2.64. The first-order chi connectivity index (χ1) is 8.99. The van der Waals surface area contributed by atoms with Gasteiger partial charge in [-0.3, -0.25) is 0 Å². The summed E-state index contributed by atoms with van der Waals surface area (Å²) in [6.45, 7) is 2.83. The van der Waals surface area contributed by atoms with Crippen LogP contribution in [-0.2, 0) is 0 Å². The van der Waals surface area contributed by atoms with Crippen molar-refractivity contribution in [3.05, 3.63) is 35.4 Å². The normalized spacial score (nSPS) is 24.2. The van der Waals surface area contributed by atoms with Crippen LogP contribution in [0.5, 0.6) is 0 Å². The van der Waals surface area contributed by atoms with E-state index in [1.54, 1.807) is 6.07 Å². The molecule has 0 radical (unpaired) electrons. The van der Waals surface area contributed by atoms with Gasteiger partial charge in [0.2, 0.25) is 0 Å². The van der Waals surface area contributed by atoms with E-state index in [1.165, 1.54) is 6.07 Å². The Bertz CT molecular complexity index is 439. The van der Waals surface area contributed by atoms with E-state index in [0.29, 0.717) is 5.56 Å². The van der Waals surface area contributed by atoms with E-state index >= 15 is 0 Å². The van der Waals surface area contributed by atoms with Crippen LogP contribution in [0.2, 0.25) is 0 Å². The highest BCUT2D eigenvalue weighted by Gasteiger charge is 2.27. The Morgan fingerprint density at radius 2 is 1.95 bits per heavy atom. The summed E-state index contributed by atoms with van der Waals surface area (Å²) in [6, 6.07) is 3.71. The Balaban J connectivity index is 2.20. The molecule has 19 heavy (non-hydrogen) atoms. The lowest BCUT2D eigenvalue weighted by atomic mass is 9.98. The van der Waals surface area contributed by atoms with Gasteiger partial charge in [0.25, 0.3) is 0 Å². The highest BCUT2D eigenvalue weighted by molar-refractivity contribution is 5.22. The van der Waals surface area contributed by atoms with Crippen molar-refractivity contribution in [3.8, 4) is 0 Å². The molecule has 1 saturated heterocycles. The maximum absolute atomic E-state index is 13.3. The molecule has 2 rings (SSSR count). The highest BCUT2D eigenvalue weighted by Crippen LogP contribution is 2.22. The molecule has 0 bridgehead atoms. The number of halogens is 2. The van der Waals surface area contributed by atoms with Crippen LogP contribution >= 0.6 is 0 Å². The third-order valence-corrected chi connectivity index (χ3v) is 3.86. The lowest BCUT2D eigenvalue weighted by Crippen LogP contribution is -2.45. The van der Waals surface area contributed by atoms with Gasteiger partial charge >= 0.3 is 0 Å². The molecule has 0 aromatic heterocycles. The lowest BCUT2D eigenvalue weighted by Gasteiger charge is -2.32. The number of benzene rings is 1. The largest absolute Gasteiger partial charge is 0.323 e. The van der Waals surface area contributed by atoms with Crippen molar-refractivity contribution in [1.82, 2.24) is 9.80 Å². The summed E-state index contributed by atoms with van der Waals surface area (Å²) >= 11 is 0. The molecule has 2 atom stereocenters. The van der Waals surface area contributed by atoms with Crippen molar-refractivity contribution < 1.29 is 8.78 Å². The second-order valence-corrected chi connectivity index (χ2v) is 5.36. The van der Waals surface area contributed by atoms with Crippen LogP contribution in [0, 0.1) is 11.6 Å². The maximum atomic E-state index is 13.3. The quantitative estimate of drug-likeness (QED) is 0.885. The third-order valence-electron chi connectivity index (χ3n) is 3.86. The molecule has 1 aromatic rings. The van der Waals surface area contributed by atoms with Gasteiger partial charge in [0.05, 0.1) is 0 Å². The van der Waals surface area contributed by atoms with Crippen molar-refractivity contribution in [2.45, 2.75) is 18.5 Å². The first-order valence-corrected chi connectivity index (χ1v) is 6.58. The van der Waals surface area contributed by atoms with Crippen molar-refractivity contribution in [2.75, 3.05) is 33.7 Å². The summed E-state index contributed by atoms with van der Waals surface area (Å²) in [5, 5.41) is 0.